The van der Waals surface area contributed by atoms with E-state index in [4.69, 9.17) is 17.3 Å². The number of hydrogen-bond acceptors (Lipinski definition) is 3. The Hall–Kier alpha value is -1.52. The van der Waals surface area contributed by atoms with Crippen molar-refractivity contribution in [1.29, 1.82) is 0 Å². The van der Waals surface area contributed by atoms with Crippen molar-refractivity contribution in [3.8, 4) is 0 Å². The van der Waals surface area contributed by atoms with Gasteiger partial charge in [-0.2, -0.15) is 0 Å². The van der Waals surface area contributed by atoms with Crippen LogP contribution >= 0.6 is 11.6 Å². The molecule has 88 valence electrons. The molecule has 0 amide bonds. The fraction of sp³-hybridized carbons (Fsp3) is 0.167. The van der Waals surface area contributed by atoms with Gasteiger partial charge in [0.2, 0.25) is 0 Å². The van der Waals surface area contributed by atoms with Crippen molar-refractivity contribution in [1.82, 2.24) is 9.97 Å². The van der Waals surface area contributed by atoms with Crippen LogP contribution in [0.2, 0.25) is 5.02 Å². The van der Waals surface area contributed by atoms with E-state index in [1.165, 1.54) is 6.07 Å². The van der Waals surface area contributed by atoms with Gasteiger partial charge in [0.25, 0.3) is 0 Å². The minimum Gasteiger partial charge on any atom is -0.321 e. The molecule has 2 N–H and O–H groups in total. The highest BCUT2D eigenvalue weighted by Gasteiger charge is 2.12. The Balaban J connectivity index is 2.16. The summed E-state index contributed by atoms with van der Waals surface area (Å²) in [5.41, 5.74) is 6.42. The third kappa shape index (κ3) is 2.99. The van der Waals surface area contributed by atoms with Crippen LogP contribution in [0, 0.1) is 5.82 Å². The average Bonchev–Trinajstić information content (AvgIpc) is 2.34. The molecule has 1 unspecified atom stereocenters. The van der Waals surface area contributed by atoms with E-state index < -0.39 is 6.04 Å². The molecule has 0 fully saturated rings. The summed E-state index contributed by atoms with van der Waals surface area (Å²) in [5.74, 6) is 0.144. The van der Waals surface area contributed by atoms with Crippen molar-refractivity contribution < 1.29 is 4.39 Å². The van der Waals surface area contributed by atoms with E-state index in [9.17, 15) is 4.39 Å². The van der Waals surface area contributed by atoms with Crippen LogP contribution in [-0.2, 0) is 6.42 Å². The van der Waals surface area contributed by atoms with Gasteiger partial charge < -0.3 is 5.73 Å². The van der Waals surface area contributed by atoms with E-state index >= 15 is 0 Å². The first-order valence-electron chi connectivity index (χ1n) is 5.13. The van der Waals surface area contributed by atoms with Gasteiger partial charge in [-0.1, -0.05) is 17.7 Å². The van der Waals surface area contributed by atoms with Crippen LogP contribution in [0.25, 0.3) is 0 Å². The van der Waals surface area contributed by atoms with Crippen LogP contribution in [-0.4, -0.2) is 9.97 Å². The quantitative estimate of drug-likeness (QED) is 0.912. The first kappa shape index (κ1) is 12.0. The van der Waals surface area contributed by atoms with Crippen LogP contribution in [0.15, 0.2) is 36.7 Å². The predicted octanol–water partition coefficient (Wildman–Crippen LogP) is 2.51. The number of nitrogens with two attached hydrogens (primary N) is 1. The Labute approximate surface area is 103 Å². The molecule has 0 aliphatic rings. The van der Waals surface area contributed by atoms with Crippen molar-refractivity contribution in [3.05, 3.63) is 58.9 Å². The summed E-state index contributed by atoms with van der Waals surface area (Å²) in [4.78, 5) is 8.07. The first-order chi connectivity index (χ1) is 8.16. The van der Waals surface area contributed by atoms with E-state index in [2.05, 4.69) is 9.97 Å². The summed E-state index contributed by atoms with van der Waals surface area (Å²) in [5, 5.41) is 0.371. The Morgan fingerprint density at radius 3 is 2.65 bits per heavy atom. The maximum Gasteiger partial charge on any atom is 0.145 e. The van der Waals surface area contributed by atoms with Gasteiger partial charge in [0.05, 0.1) is 6.04 Å². The zero-order chi connectivity index (χ0) is 12.3. The minimum absolute atomic E-state index is 0.340. The van der Waals surface area contributed by atoms with Crippen molar-refractivity contribution in [2.45, 2.75) is 12.5 Å². The second kappa shape index (κ2) is 5.21. The summed E-state index contributed by atoms with van der Waals surface area (Å²) in [6, 6.07) is 5.82. The number of aromatic nitrogens is 2. The molecule has 1 heterocycles. The topological polar surface area (TPSA) is 51.8 Å². The molecule has 0 saturated carbocycles. The Kier molecular flexibility index (Phi) is 3.66. The van der Waals surface area contributed by atoms with Gasteiger partial charge in [-0.25, -0.2) is 14.4 Å². The van der Waals surface area contributed by atoms with Crippen molar-refractivity contribution in [2.24, 2.45) is 5.73 Å². The lowest BCUT2D eigenvalue weighted by Crippen LogP contribution is -2.17. The molecule has 0 aliphatic heterocycles. The SMILES string of the molecule is NC(Cc1ccc(Cl)cc1F)c1ncccn1. The normalized spacial score (nSPS) is 12.4. The molecule has 0 radical (unpaired) electrons. The van der Waals surface area contributed by atoms with Gasteiger partial charge >= 0.3 is 0 Å². The fourth-order valence-corrected chi connectivity index (χ4v) is 1.68. The minimum atomic E-state index is -0.424. The number of halogens is 2. The highest BCUT2D eigenvalue weighted by atomic mass is 35.5. The Morgan fingerprint density at radius 2 is 2.00 bits per heavy atom. The molecule has 17 heavy (non-hydrogen) atoms. The zero-order valence-electron chi connectivity index (χ0n) is 8.98. The molecule has 0 spiro atoms. The van der Waals surface area contributed by atoms with E-state index in [1.54, 1.807) is 30.6 Å². The van der Waals surface area contributed by atoms with Crippen LogP contribution in [0.1, 0.15) is 17.4 Å². The lowest BCUT2D eigenvalue weighted by Gasteiger charge is -2.10. The third-order valence-corrected chi connectivity index (χ3v) is 2.61. The van der Waals surface area contributed by atoms with Crippen LogP contribution < -0.4 is 5.73 Å². The highest BCUT2D eigenvalue weighted by Crippen LogP contribution is 2.18. The number of rotatable bonds is 3. The Bertz CT molecular complexity index is 504. The second-order valence-electron chi connectivity index (χ2n) is 3.65. The van der Waals surface area contributed by atoms with Crippen molar-refractivity contribution in [3.63, 3.8) is 0 Å². The van der Waals surface area contributed by atoms with Gasteiger partial charge in [0.15, 0.2) is 0 Å². The molecule has 5 heteroatoms. The fourth-order valence-electron chi connectivity index (χ4n) is 1.52. The smallest absolute Gasteiger partial charge is 0.145 e. The van der Waals surface area contributed by atoms with Gasteiger partial charge in [-0.3, -0.25) is 0 Å². The van der Waals surface area contributed by atoms with Crippen LogP contribution in [0.3, 0.4) is 0 Å². The van der Waals surface area contributed by atoms with E-state index in [1.807, 2.05) is 0 Å². The maximum absolute atomic E-state index is 13.5. The van der Waals surface area contributed by atoms with Gasteiger partial charge in [0.1, 0.15) is 11.6 Å². The van der Waals surface area contributed by atoms with E-state index in [-0.39, 0.29) is 5.82 Å². The molecule has 0 saturated heterocycles. The van der Waals surface area contributed by atoms with Crippen LogP contribution in [0.4, 0.5) is 4.39 Å². The largest absolute Gasteiger partial charge is 0.321 e. The predicted molar refractivity (Wildman–Crippen MR) is 64.1 cm³/mol. The first-order valence-corrected chi connectivity index (χ1v) is 5.51. The standard InChI is InChI=1S/C12H11ClFN3/c13-9-3-2-8(10(14)7-9)6-11(15)12-16-4-1-5-17-12/h1-5,7,11H,6,15H2. The second-order valence-corrected chi connectivity index (χ2v) is 4.09. The lowest BCUT2D eigenvalue weighted by atomic mass is 10.1. The number of hydrogen-bond donors (Lipinski definition) is 1. The van der Waals surface area contributed by atoms with Gasteiger partial charge in [-0.15, -0.1) is 0 Å². The van der Waals surface area contributed by atoms with Crippen LogP contribution in [0.5, 0.6) is 0 Å². The molecule has 2 aromatic rings. The molecule has 0 bridgehead atoms. The van der Waals surface area contributed by atoms with E-state index in [0.717, 1.165) is 0 Å². The molecular formula is C12H11ClFN3. The lowest BCUT2D eigenvalue weighted by molar-refractivity contribution is 0.584. The molecule has 1 aromatic carbocycles. The molecule has 2 rings (SSSR count). The maximum atomic E-state index is 13.5. The summed E-state index contributed by atoms with van der Waals surface area (Å²) in [7, 11) is 0. The number of benzene rings is 1. The molecular weight excluding hydrogens is 241 g/mol. The summed E-state index contributed by atoms with van der Waals surface area (Å²) < 4.78 is 13.5. The van der Waals surface area contributed by atoms with Gasteiger partial charge in [-0.05, 0) is 30.2 Å². The number of nitrogens with zero attached hydrogens (tertiary/aromatic N) is 2. The summed E-state index contributed by atoms with van der Waals surface area (Å²) >= 11 is 5.67. The summed E-state index contributed by atoms with van der Waals surface area (Å²) in [6.45, 7) is 0. The molecule has 0 aliphatic carbocycles. The Morgan fingerprint density at radius 1 is 1.29 bits per heavy atom. The monoisotopic (exact) mass is 251 g/mol. The molecule has 1 aromatic heterocycles. The van der Waals surface area contributed by atoms with Crippen molar-refractivity contribution >= 4 is 11.6 Å². The van der Waals surface area contributed by atoms with Crippen molar-refractivity contribution in [2.75, 3.05) is 0 Å². The van der Waals surface area contributed by atoms with E-state index in [0.29, 0.717) is 22.8 Å². The molecule has 1 atom stereocenters. The third-order valence-electron chi connectivity index (χ3n) is 2.37. The average molecular weight is 252 g/mol. The highest BCUT2D eigenvalue weighted by molar-refractivity contribution is 6.30. The van der Waals surface area contributed by atoms with Gasteiger partial charge in [0, 0.05) is 17.4 Å². The molecule has 3 nitrogen and oxygen atoms in total. The zero-order valence-corrected chi connectivity index (χ0v) is 9.73. The summed E-state index contributed by atoms with van der Waals surface area (Å²) in [6.07, 6.45) is 3.56.